The van der Waals surface area contributed by atoms with Crippen LogP contribution < -0.4 is 10.6 Å². The van der Waals surface area contributed by atoms with E-state index in [-0.39, 0.29) is 31.7 Å². The Morgan fingerprint density at radius 3 is 2.19 bits per heavy atom. The van der Waals surface area contributed by atoms with Gasteiger partial charge in [0.1, 0.15) is 11.0 Å². The van der Waals surface area contributed by atoms with Gasteiger partial charge in [0.25, 0.3) is 0 Å². The topological polar surface area (TPSA) is 103 Å². The van der Waals surface area contributed by atoms with E-state index in [0.717, 1.165) is 12.1 Å². The normalized spacial score (nSPS) is 13.0. The number of benzene rings is 1. The molecule has 0 aliphatic heterocycles. The number of halogens is 4. The van der Waals surface area contributed by atoms with E-state index in [2.05, 4.69) is 10.6 Å². The van der Waals surface area contributed by atoms with Gasteiger partial charge in [-0.15, -0.1) is 11.6 Å². The van der Waals surface area contributed by atoms with Gasteiger partial charge in [-0.2, -0.15) is 0 Å². The molecular weight excluding hydrogens is 457 g/mol. The largest absolute Gasteiger partial charge is 0.465 e. The predicted molar refractivity (Wildman–Crippen MR) is 109 cm³/mol. The van der Waals surface area contributed by atoms with E-state index in [0.29, 0.717) is 0 Å². The molecule has 32 heavy (non-hydrogen) atoms. The van der Waals surface area contributed by atoms with E-state index in [1.54, 1.807) is 27.7 Å². The Bertz CT molecular complexity index is 796. The van der Waals surface area contributed by atoms with Gasteiger partial charge in [-0.25, -0.2) is 22.8 Å². The fourth-order valence-electron chi connectivity index (χ4n) is 2.36. The number of alkyl halides is 1. The second-order valence-electron chi connectivity index (χ2n) is 7.52. The Morgan fingerprint density at radius 2 is 1.66 bits per heavy atom. The van der Waals surface area contributed by atoms with Gasteiger partial charge in [0, 0.05) is 13.0 Å². The van der Waals surface area contributed by atoms with Crippen LogP contribution in [-0.2, 0) is 19.0 Å². The quantitative estimate of drug-likeness (QED) is 0.239. The zero-order valence-corrected chi connectivity index (χ0v) is 18.9. The average Bonchev–Trinajstić information content (AvgIpc) is 2.67. The summed E-state index contributed by atoms with van der Waals surface area (Å²) < 4.78 is 55.3. The number of carbonyl (C=O) groups is 3. The van der Waals surface area contributed by atoms with E-state index < -0.39 is 52.6 Å². The van der Waals surface area contributed by atoms with Crippen molar-refractivity contribution in [2.24, 2.45) is 0 Å². The summed E-state index contributed by atoms with van der Waals surface area (Å²) in [6, 6.07) is 0.373. The van der Waals surface area contributed by atoms with Gasteiger partial charge in [-0.3, -0.25) is 4.79 Å². The molecule has 8 nitrogen and oxygen atoms in total. The summed E-state index contributed by atoms with van der Waals surface area (Å²) in [4.78, 5) is 35.3. The summed E-state index contributed by atoms with van der Waals surface area (Å²) >= 11 is 5.76. The minimum Gasteiger partial charge on any atom is -0.465 e. The Hall–Kier alpha value is -2.69. The average molecular weight is 483 g/mol. The molecule has 12 heteroatoms. The first-order valence-electron chi connectivity index (χ1n) is 9.69. The number of hydrogen-bond acceptors (Lipinski definition) is 6. The van der Waals surface area contributed by atoms with E-state index in [9.17, 15) is 27.6 Å². The maximum absolute atomic E-state index is 13.7. The monoisotopic (exact) mass is 482 g/mol. The first-order valence-corrected chi connectivity index (χ1v) is 10.1. The van der Waals surface area contributed by atoms with Crippen molar-refractivity contribution in [3.8, 4) is 0 Å². The molecule has 0 aromatic heterocycles. The molecule has 0 aliphatic carbocycles. The van der Waals surface area contributed by atoms with E-state index >= 15 is 0 Å². The Morgan fingerprint density at radius 1 is 1.06 bits per heavy atom. The highest BCUT2D eigenvalue weighted by Crippen LogP contribution is 2.23. The highest BCUT2D eigenvalue weighted by Gasteiger charge is 2.24. The number of hydrogen-bond donors (Lipinski definition) is 2. The fourth-order valence-corrected chi connectivity index (χ4v) is 2.50. The summed E-state index contributed by atoms with van der Waals surface area (Å²) in [6.07, 6.45) is -1.94. The molecule has 0 spiro atoms. The fraction of sp³-hybridized carbons (Fsp3) is 0.550. The van der Waals surface area contributed by atoms with Gasteiger partial charge < -0.3 is 24.8 Å². The molecule has 2 amide bonds. The van der Waals surface area contributed by atoms with Crippen molar-refractivity contribution in [1.82, 2.24) is 10.6 Å². The molecule has 1 aromatic rings. The molecule has 0 heterocycles. The van der Waals surface area contributed by atoms with E-state index in [1.165, 1.54) is 0 Å². The van der Waals surface area contributed by atoms with Crippen LogP contribution in [-0.4, -0.2) is 48.9 Å². The van der Waals surface area contributed by atoms with Crippen molar-refractivity contribution in [3.05, 3.63) is 35.1 Å². The molecule has 2 atom stereocenters. The molecule has 0 aliphatic rings. The third-order valence-corrected chi connectivity index (χ3v) is 4.04. The Balaban J connectivity index is 2.75. The summed E-state index contributed by atoms with van der Waals surface area (Å²) in [6.45, 7) is 6.02. The summed E-state index contributed by atoms with van der Waals surface area (Å²) in [5.74, 6) is -5.25. The lowest BCUT2D eigenvalue weighted by molar-refractivity contribution is -0.142. The number of ether oxygens (including phenoxy) is 3. The molecule has 0 saturated carbocycles. The van der Waals surface area contributed by atoms with E-state index in [4.69, 9.17) is 25.8 Å². The third kappa shape index (κ3) is 9.63. The van der Waals surface area contributed by atoms with Crippen LogP contribution in [0.1, 0.15) is 45.7 Å². The molecule has 1 aromatic carbocycles. The lowest BCUT2D eigenvalue weighted by Crippen LogP contribution is -2.37. The Kier molecular flexibility index (Phi) is 10.6. The van der Waals surface area contributed by atoms with Crippen LogP contribution in [0.4, 0.5) is 22.8 Å². The highest BCUT2D eigenvalue weighted by molar-refractivity contribution is 6.30. The van der Waals surface area contributed by atoms with Crippen LogP contribution in [0.5, 0.6) is 0 Å². The van der Waals surface area contributed by atoms with Crippen molar-refractivity contribution in [1.29, 1.82) is 0 Å². The van der Waals surface area contributed by atoms with Crippen LogP contribution >= 0.6 is 11.6 Å². The molecule has 0 saturated heterocycles. The van der Waals surface area contributed by atoms with Gasteiger partial charge in [0.15, 0.2) is 17.5 Å². The van der Waals surface area contributed by atoms with Crippen LogP contribution in [0, 0.1) is 17.5 Å². The maximum Gasteiger partial charge on any atom is 0.408 e. The van der Waals surface area contributed by atoms with Crippen molar-refractivity contribution in [2.75, 3.05) is 19.8 Å². The van der Waals surface area contributed by atoms with Crippen molar-refractivity contribution in [2.45, 2.75) is 51.1 Å². The molecule has 0 radical (unpaired) electrons. The number of rotatable bonds is 9. The first-order chi connectivity index (χ1) is 14.8. The van der Waals surface area contributed by atoms with Gasteiger partial charge in [-0.05, 0) is 45.4 Å². The second kappa shape index (κ2) is 12.4. The van der Waals surface area contributed by atoms with Crippen molar-refractivity contribution < 1.29 is 41.8 Å². The lowest BCUT2D eigenvalue weighted by atomic mass is 10.0. The SMILES string of the molecule is CCOC(=O)C(Cl)CNC(=O)OCCC(NC(=O)OC(C)(C)C)c1cc(F)c(F)c(F)c1. The van der Waals surface area contributed by atoms with Gasteiger partial charge in [0.2, 0.25) is 0 Å². The number of esters is 1. The van der Waals surface area contributed by atoms with Gasteiger partial charge in [0.05, 0.1) is 19.3 Å². The zero-order valence-electron chi connectivity index (χ0n) is 18.1. The number of amides is 2. The number of alkyl carbamates (subject to hydrolysis) is 2. The molecule has 0 bridgehead atoms. The molecule has 180 valence electrons. The van der Waals surface area contributed by atoms with E-state index in [1.807, 2.05) is 0 Å². The minimum atomic E-state index is -1.65. The third-order valence-electron chi connectivity index (χ3n) is 3.71. The highest BCUT2D eigenvalue weighted by atomic mass is 35.5. The second-order valence-corrected chi connectivity index (χ2v) is 8.05. The first kappa shape index (κ1) is 27.3. The summed E-state index contributed by atoms with van der Waals surface area (Å²) in [5, 5.41) is 3.55. The maximum atomic E-state index is 13.7. The summed E-state index contributed by atoms with van der Waals surface area (Å²) in [5.41, 5.74) is -0.944. The van der Waals surface area contributed by atoms with Crippen molar-refractivity contribution in [3.63, 3.8) is 0 Å². The molecular formula is C20H26ClF3N2O6. The molecule has 1 rings (SSSR count). The smallest absolute Gasteiger partial charge is 0.408 e. The molecule has 2 N–H and O–H groups in total. The summed E-state index contributed by atoms with van der Waals surface area (Å²) in [7, 11) is 0. The lowest BCUT2D eigenvalue weighted by Gasteiger charge is -2.24. The van der Waals surface area contributed by atoms with Crippen LogP contribution in [0.15, 0.2) is 12.1 Å². The van der Waals surface area contributed by atoms with Gasteiger partial charge in [-0.1, -0.05) is 0 Å². The zero-order chi connectivity index (χ0) is 24.5. The molecule has 2 unspecified atom stereocenters. The number of carbonyl (C=O) groups excluding carboxylic acids is 3. The van der Waals surface area contributed by atoms with Crippen LogP contribution in [0.2, 0.25) is 0 Å². The minimum absolute atomic E-state index is 0.0978. The van der Waals surface area contributed by atoms with Crippen molar-refractivity contribution >= 4 is 29.8 Å². The van der Waals surface area contributed by atoms with Crippen LogP contribution in [0.3, 0.4) is 0 Å². The Labute approximate surface area is 188 Å². The van der Waals surface area contributed by atoms with Gasteiger partial charge >= 0.3 is 18.2 Å². The predicted octanol–water partition coefficient (Wildman–Crippen LogP) is 3.96. The molecule has 0 fully saturated rings. The van der Waals surface area contributed by atoms with Crippen LogP contribution in [0.25, 0.3) is 0 Å². The standard InChI is InChI=1S/C20H26ClF3N2O6/c1-5-30-17(27)12(21)10-25-18(28)31-7-6-15(26-19(29)32-20(2,3)4)11-8-13(22)16(24)14(23)9-11/h8-9,12,15H,5-7,10H2,1-4H3,(H,25,28)(H,26,29). The number of nitrogens with one attached hydrogen (secondary N) is 2.